The van der Waals surface area contributed by atoms with Crippen LogP contribution in [0.2, 0.25) is 5.02 Å². The fourth-order valence-electron chi connectivity index (χ4n) is 3.76. The van der Waals surface area contributed by atoms with E-state index in [0.29, 0.717) is 16.5 Å². The Kier molecular flexibility index (Phi) is 6.79. The zero-order valence-corrected chi connectivity index (χ0v) is 19.0. The van der Waals surface area contributed by atoms with Crippen molar-refractivity contribution in [2.24, 2.45) is 0 Å². The van der Waals surface area contributed by atoms with Gasteiger partial charge in [0.25, 0.3) is 5.91 Å². The molecule has 0 saturated carbocycles. The number of anilines is 2. The Balaban J connectivity index is 1.61. The highest BCUT2D eigenvalue weighted by Crippen LogP contribution is 2.30. The highest BCUT2D eigenvalue weighted by molar-refractivity contribution is 6.30. The van der Waals surface area contributed by atoms with Crippen LogP contribution in [-0.2, 0) is 16.1 Å². The van der Waals surface area contributed by atoms with Crippen LogP contribution in [0, 0.1) is 5.82 Å². The average Bonchev–Trinajstić information content (AvgIpc) is 3.04. The first kappa shape index (κ1) is 23.3. The minimum atomic E-state index is -1.05. The third-order valence-electron chi connectivity index (χ3n) is 5.38. The van der Waals surface area contributed by atoms with Gasteiger partial charge in [-0.15, -0.1) is 0 Å². The van der Waals surface area contributed by atoms with Crippen molar-refractivity contribution in [2.75, 3.05) is 17.3 Å². The van der Waals surface area contributed by atoms with Crippen molar-refractivity contribution in [3.05, 3.63) is 89.2 Å². The third kappa shape index (κ3) is 5.02. The van der Waals surface area contributed by atoms with Gasteiger partial charge in [-0.25, -0.2) is 14.1 Å². The highest BCUT2D eigenvalue weighted by atomic mass is 35.5. The second-order valence-corrected chi connectivity index (χ2v) is 8.13. The number of urea groups is 1. The van der Waals surface area contributed by atoms with E-state index < -0.39 is 29.7 Å². The molecule has 0 bridgehead atoms. The second-order valence-electron chi connectivity index (χ2n) is 7.69. The van der Waals surface area contributed by atoms with Crippen LogP contribution in [0.3, 0.4) is 0 Å². The fraction of sp³-hybridized carbons (Fsp3) is 0.160. The molecule has 0 unspecified atom stereocenters. The summed E-state index contributed by atoms with van der Waals surface area (Å²) in [6.45, 7) is 0.0871. The van der Waals surface area contributed by atoms with Gasteiger partial charge >= 0.3 is 6.03 Å². The molecule has 1 aliphatic rings. The van der Waals surface area contributed by atoms with Gasteiger partial charge in [-0.2, -0.15) is 0 Å². The number of hydrogen-bond donors (Lipinski definition) is 1. The van der Waals surface area contributed by atoms with Crippen molar-refractivity contribution in [1.29, 1.82) is 0 Å². The third-order valence-corrected chi connectivity index (χ3v) is 5.63. The molecule has 1 heterocycles. The topological polar surface area (TPSA) is 79.0 Å². The predicted molar refractivity (Wildman–Crippen MR) is 126 cm³/mol. The zero-order chi connectivity index (χ0) is 24.2. The molecule has 174 valence electrons. The lowest BCUT2D eigenvalue weighted by Gasteiger charge is -2.22. The van der Waals surface area contributed by atoms with E-state index in [2.05, 4.69) is 5.32 Å². The van der Waals surface area contributed by atoms with E-state index in [4.69, 9.17) is 16.3 Å². The number of carbonyl (C=O) groups is 3. The smallest absolute Gasteiger partial charge is 0.332 e. The number of amides is 4. The number of nitrogens with one attached hydrogen (secondary N) is 1. The summed E-state index contributed by atoms with van der Waals surface area (Å²) >= 11 is 5.95. The summed E-state index contributed by atoms with van der Waals surface area (Å²) in [6.07, 6.45) is -0.296. The molecule has 34 heavy (non-hydrogen) atoms. The van der Waals surface area contributed by atoms with Gasteiger partial charge in [0.05, 0.1) is 19.2 Å². The Morgan fingerprint density at radius 1 is 1.06 bits per heavy atom. The minimum absolute atomic E-state index is 0.0871. The van der Waals surface area contributed by atoms with Crippen LogP contribution in [-0.4, -0.2) is 35.9 Å². The summed E-state index contributed by atoms with van der Waals surface area (Å²) in [5.74, 6) is -0.959. The molecule has 1 aliphatic heterocycles. The van der Waals surface area contributed by atoms with Crippen LogP contribution in [0.4, 0.5) is 20.6 Å². The van der Waals surface area contributed by atoms with Gasteiger partial charge in [0.15, 0.2) is 0 Å². The molecule has 0 spiro atoms. The first-order chi connectivity index (χ1) is 16.4. The van der Waals surface area contributed by atoms with Gasteiger partial charge in [-0.1, -0.05) is 29.8 Å². The number of halogens is 2. The summed E-state index contributed by atoms with van der Waals surface area (Å²) < 4.78 is 18.7. The lowest BCUT2D eigenvalue weighted by Crippen LogP contribution is -2.37. The van der Waals surface area contributed by atoms with Crippen molar-refractivity contribution >= 4 is 40.8 Å². The van der Waals surface area contributed by atoms with Gasteiger partial charge in [-0.05, 0) is 60.2 Å². The van der Waals surface area contributed by atoms with E-state index in [9.17, 15) is 18.8 Å². The summed E-state index contributed by atoms with van der Waals surface area (Å²) in [4.78, 5) is 41.8. The van der Waals surface area contributed by atoms with Crippen LogP contribution in [0.1, 0.15) is 12.0 Å². The van der Waals surface area contributed by atoms with Crippen LogP contribution in [0.15, 0.2) is 72.8 Å². The molecule has 3 aromatic carbocycles. The molecule has 0 aliphatic carbocycles. The van der Waals surface area contributed by atoms with Gasteiger partial charge in [0.2, 0.25) is 5.91 Å². The normalized spacial score (nSPS) is 15.6. The van der Waals surface area contributed by atoms with Gasteiger partial charge < -0.3 is 15.0 Å². The van der Waals surface area contributed by atoms with E-state index in [-0.39, 0.29) is 18.7 Å². The Bertz CT molecular complexity index is 1230. The molecule has 1 fully saturated rings. The summed E-state index contributed by atoms with van der Waals surface area (Å²) in [6, 6.07) is 17.2. The quantitative estimate of drug-likeness (QED) is 0.489. The number of benzene rings is 3. The lowest BCUT2D eigenvalue weighted by atomic mass is 10.1. The molecule has 0 aromatic heterocycles. The molecule has 9 heteroatoms. The summed E-state index contributed by atoms with van der Waals surface area (Å²) in [5, 5.41) is 3.04. The van der Waals surface area contributed by atoms with Crippen LogP contribution in [0.5, 0.6) is 5.75 Å². The number of nitrogens with zero attached hydrogens (tertiary/aromatic N) is 2. The van der Waals surface area contributed by atoms with Crippen molar-refractivity contribution in [3.63, 3.8) is 0 Å². The first-order valence-electron chi connectivity index (χ1n) is 10.4. The van der Waals surface area contributed by atoms with Gasteiger partial charge in [0.1, 0.15) is 17.6 Å². The molecular formula is C25H21ClFN3O4. The second kappa shape index (κ2) is 9.93. The van der Waals surface area contributed by atoms with E-state index in [1.807, 2.05) is 0 Å². The lowest BCUT2D eigenvalue weighted by molar-refractivity contribution is -0.124. The zero-order valence-electron chi connectivity index (χ0n) is 18.2. The minimum Gasteiger partial charge on any atom is -0.497 e. The Morgan fingerprint density at radius 2 is 1.79 bits per heavy atom. The summed E-state index contributed by atoms with van der Waals surface area (Å²) in [7, 11) is 1.53. The number of methoxy groups -OCH3 is 1. The van der Waals surface area contributed by atoms with E-state index in [1.54, 1.807) is 48.5 Å². The molecule has 3 aromatic rings. The molecule has 4 amide bonds. The highest BCUT2D eigenvalue weighted by Gasteiger charge is 2.46. The molecular weight excluding hydrogens is 461 g/mol. The van der Waals surface area contributed by atoms with Crippen LogP contribution >= 0.6 is 11.6 Å². The van der Waals surface area contributed by atoms with E-state index in [1.165, 1.54) is 36.3 Å². The SMILES string of the molecule is COc1cccc(CN2C(=O)N(c3ccc(Cl)cc3)C(=O)[C@@H]2CC(=O)Nc2cccc(F)c2)c1. The maximum Gasteiger partial charge on any atom is 0.332 e. The molecule has 7 nitrogen and oxygen atoms in total. The summed E-state index contributed by atoms with van der Waals surface area (Å²) in [5.41, 5.74) is 1.34. The van der Waals surface area contributed by atoms with Crippen LogP contribution in [0.25, 0.3) is 0 Å². The molecule has 0 radical (unpaired) electrons. The van der Waals surface area contributed by atoms with Crippen LogP contribution < -0.4 is 15.0 Å². The Labute approximate surface area is 200 Å². The number of hydrogen-bond acceptors (Lipinski definition) is 4. The fourth-order valence-corrected chi connectivity index (χ4v) is 3.89. The number of carbonyl (C=O) groups excluding carboxylic acids is 3. The van der Waals surface area contributed by atoms with E-state index in [0.717, 1.165) is 10.5 Å². The number of ether oxygens (including phenoxy) is 1. The molecule has 4 rings (SSSR count). The van der Waals surface area contributed by atoms with Gasteiger partial charge in [0, 0.05) is 17.3 Å². The monoisotopic (exact) mass is 481 g/mol. The molecule has 1 N–H and O–H groups in total. The van der Waals surface area contributed by atoms with Crippen molar-refractivity contribution in [3.8, 4) is 5.75 Å². The average molecular weight is 482 g/mol. The van der Waals surface area contributed by atoms with Crippen molar-refractivity contribution < 1.29 is 23.5 Å². The van der Waals surface area contributed by atoms with E-state index >= 15 is 0 Å². The Hall–Kier alpha value is -3.91. The first-order valence-corrected chi connectivity index (χ1v) is 10.8. The number of rotatable bonds is 7. The maximum absolute atomic E-state index is 13.5. The largest absolute Gasteiger partial charge is 0.497 e. The number of imide groups is 1. The standard InChI is InChI=1S/C25H21ClFN3O4/c1-34-21-7-2-4-16(12-21)15-29-22(14-23(31)28-19-6-3-5-18(27)13-19)24(32)30(25(29)33)20-10-8-17(26)9-11-20/h2-13,22H,14-15H2,1H3,(H,28,31)/t22-/m0/s1. The van der Waals surface area contributed by atoms with Gasteiger partial charge in [-0.3, -0.25) is 9.59 Å². The van der Waals surface area contributed by atoms with Crippen molar-refractivity contribution in [2.45, 2.75) is 19.0 Å². The Morgan fingerprint density at radius 3 is 2.50 bits per heavy atom. The predicted octanol–water partition coefficient (Wildman–Crippen LogP) is 4.85. The molecule has 1 atom stereocenters. The maximum atomic E-state index is 13.5. The molecule has 1 saturated heterocycles. The van der Waals surface area contributed by atoms with Crippen molar-refractivity contribution in [1.82, 2.24) is 4.90 Å².